The van der Waals surface area contributed by atoms with E-state index in [4.69, 9.17) is 0 Å². The first-order chi connectivity index (χ1) is 13.7. The molecule has 0 bridgehead atoms. The number of thiazole rings is 1. The van der Waals surface area contributed by atoms with E-state index < -0.39 is 0 Å². The van der Waals surface area contributed by atoms with Crippen molar-refractivity contribution in [2.24, 2.45) is 0 Å². The lowest BCUT2D eigenvalue weighted by molar-refractivity contribution is -0.114. The number of amides is 1. The number of halogens is 1. The molecule has 0 saturated carbocycles. The van der Waals surface area contributed by atoms with E-state index in [-0.39, 0.29) is 12.5 Å². The summed E-state index contributed by atoms with van der Waals surface area (Å²) in [6.07, 6.45) is 2.61. The summed E-state index contributed by atoms with van der Waals surface area (Å²) in [5, 5.41) is 8.96. The van der Waals surface area contributed by atoms with Gasteiger partial charge in [-0.05, 0) is 29.1 Å². The number of hydrogen-bond acceptors (Lipinski definition) is 4. The number of fused-ring (bicyclic) bond motifs is 1. The topological polar surface area (TPSA) is 54.0 Å². The number of nitrogens with zero attached hydrogens (tertiary/aromatic N) is 1. The summed E-state index contributed by atoms with van der Waals surface area (Å²) in [5.74, 6) is -0.115. The molecule has 0 aliphatic carbocycles. The molecule has 0 spiro atoms. The van der Waals surface area contributed by atoms with Gasteiger partial charge in [0.05, 0.1) is 6.54 Å². The monoisotopic (exact) mass is 451 g/mol. The van der Waals surface area contributed by atoms with Crippen molar-refractivity contribution in [3.63, 3.8) is 0 Å². The van der Waals surface area contributed by atoms with E-state index in [1.807, 2.05) is 48.7 Å². The predicted octanol–water partition coefficient (Wildman–Crippen LogP) is 5.70. The first kappa shape index (κ1) is 18.7. The number of carbonyl (C=O) groups excluding carboxylic acids is 1. The second-order valence-corrected chi connectivity index (χ2v) is 8.40. The third kappa shape index (κ3) is 4.58. The lowest BCUT2D eigenvalue weighted by atomic mass is 10.1. The maximum atomic E-state index is 12.3. The molecule has 0 atom stereocenters. The van der Waals surface area contributed by atoms with Gasteiger partial charge in [0.1, 0.15) is 0 Å². The highest BCUT2D eigenvalue weighted by molar-refractivity contribution is 9.10. The average molecular weight is 452 g/mol. The van der Waals surface area contributed by atoms with Crippen molar-refractivity contribution < 1.29 is 4.79 Å². The van der Waals surface area contributed by atoms with Crippen LogP contribution in [0, 0.1) is 0 Å². The Labute approximate surface area is 175 Å². The van der Waals surface area contributed by atoms with E-state index >= 15 is 0 Å². The van der Waals surface area contributed by atoms with Crippen LogP contribution >= 0.6 is 27.3 Å². The van der Waals surface area contributed by atoms with Crippen LogP contribution in [0.25, 0.3) is 10.8 Å². The molecule has 4 aromatic rings. The Morgan fingerprint density at radius 3 is 2.75 bits per heavy atom. The minimum absolute atomic E-state index is 0.115. The van der Waals surface area contributed by atoms with Gasteiger partial charge in [-0.15, -0.1) is 11.3 Å². The minimum Gasteiger partial charge on any atom is -0.376 e. The second kappa shape index (κ2) is 8.54. The molecule has 4 rings (SSSR count). The molecule has 1 amide bonds. The van der Waals surface area contributed by atoms with E-state index in [0.29, 0.717) is 5.13 Å². The van der Waals surface area contributed by atoms with Gasteiger partial charge < -0.3 is 10.6 Å². The molecular weight excluding hydrogens is 434 g/mol. The summed E-state index contributed by atoms with van der Waals surface area (Å²) in [6, 6.07) is 22.3. The van der Waals surface area contributed by atoms with Crippen molar-refractivity contribution >= 4 is 54.8 Å². The Hall–Kier alpha value is -2.70. The van der Waals surface area contributed by atoms with Gasteiger partial charge in [-0.1, -0.05) is 64.5 Å². The lowest BCUT2D eigenvalue weighted by Gasteiger charge is -2.09. The molecule has 0 saturated heterocycles. The van der Waals surface area contributed by atoms with Crippen molar-refractivity contribution in [2.45, 2.75) is 6.42 Å². The van der Waals surface area contributed by atoms with E-state index in [2.05, 4.69) is 55.8 Å². The Morgan fingerprint density at radius 2 is 1.86 bits per heavy atom. The van der Waals surface area contributed by atoms with E-state index in [0.717, 1.165) is 32.2 Å². The van der Waals surface area contributed by atoms with Crippen LogP contribution in [-0.4, -0.2) is 17.4 Å². The van der Waals surface area contributed by atoms with Gasteiger partial charge in [-0.25, -0.2) is 4.98 Å². The molecule has 28 heavy (non-hydrogen) atoms. The average Bonchev–Trinajstić information content (AvgIpc) is 3.13. The van der Waals surface area contributed by atoms with Crippen molar-refractivity contribution in [1.29, 1.82) is 0 Å². The summed E-state index contributed by atoms with van der Waals surface area (Å²) in [6.45, 7) is 0.189. The largest absolute Gasteiger partial charge is 0.376 e. The van der Waals surface area contributed by atoms with E-state index in [1.54, 1.807) is 0 Å². The standard InChI is InChI=1S/C22H18BrN3OS/c23-17-8-3-5-15(11-17)12-18-13-25-22(28-18)26-21(27)14-24-20-10-4-7-16-6-1-2-9-19(16)20/h1-11,13,24H,12,14H2,(H,25,26,27). The fourth-order valence-corrected chi connectivity index (χ4v) is 4.32. The normalized spacial score (nSPS) is 10.8. The molecule has 1 aromatic heterocycles. The predicted molar refractivity (Wildman–Crippen MR) is 120 cm³/mol. The van der Waals surface area contributed by atoms with Gasteiger partial charge in [-0.2, -0.15) is 0 Å². The smallest absolute Gasteiger partial charge is 0.245 e. The SMILES string of the molecule is O=C(CNc1cccc2ccccc12)Nc1ncc(Cc2cccc(Br)c2)s1. The van der Waals surface area contributed by atoms with Crippen LogP contribution in [0.1, 0.15) is 10.4 Å². The summed E-state index contributed by atoms with van der Waals surface area (Å²) < 4.78 is 1.06. The molecule has 6 heteroatoms. The van der Waals surface area contributed by atoms with Crippen LogP contribution in [0.15, 0.2) is 77.4 Å². The van der Waals surface area contributed by atoms with Crippen molar-refractivity contribution in [1.82, 2.24) is 4.98 Å². The molecule has 0 fully saturated rings. The van der Waals surface area contributed by atoms with Crippen LogP contribution < -0.4 is 10.6 Å². The Kier molecular flexibility index (Phi) is 5.69. The number of carbonyl (C=O) groups is 1. The summed E-state index contributed by atoms with van der Waals surface area (Å²) >= 11 is 4.99. The van der Waals surface area contributed by atoms with Crippen molar-refractivity contribution in [2.75, 3.05) is 17.2 Å². The highest BCUT2D eigenvalue weighted by atomic mass is 79.9. The molecule has 0 aliphatic rings. The van der Waals surface area contributed by atoms with Crippen LogP contribution in [0.4, 0.5) is 10.8 Å². The lowest BCUT2D eigenvalue weighted by Crippen LogP contribution is -2.21. The maximum absolute atomic E-state index is 12.3. The van der Waals surface area contributed by atoms with Gasteiger partial charge in [0.15, 0.2) is 5.13 Å². The fraction of sp³-hybridized carbons (Fsp3) is 0.0909. The van der Waals surface area contributed by atoms with Gasteiger partial charge in [0, 0.05) is 33.0 Å². The minimum atomic E-state index is -0.115. The third-order valence-corrected chi connectivity index (χ3v) is 5.70. The number of anilines is 2. The maximum Gasteiger partial charge on any atom is 0.245 e. The molecule has 140 valence electrons. The summed E-state index contributed by atoms with van der Waals surface area (Å²) in [4.78, 5) is 17.8. The molecule has 0 radical (unpaired) electrons. The Morgan fingerprint density at radius 1 is 1.04 bits per heavy atom. The van der Waals surface area contributed by atoms with E-state index in [1.165, 1.54) is 16.9 Å². The number of aromatic nitrogens is 1. The van der Waals surface area contributed by atoms with Gasteiger partial charge in [0.2, 0.25) is 5.91 Å². The number of hydrogen-bond donors (Lipinski definition) is 2. The van der Waals surface area contributed by atoms with Crippen molar-refractivity contribution in [3.8, 4) is 0 Å². The summed E-state index contributed by atoms with van der Waals surface area (Å²) in [5.41, 5.74) is 2.15. The van der Waals surface area contributed by atoms with Crippen molar-refractivity contribution in [3.05, 3.63) is 87.8 Å². The Bertz CT molecular complexity index is 1120. The zero-order valence-electron chi connectivity index (χ0n) is 15.0. The van der Waals surface area contributed by atoms with Crippen LogP contribution in [-0.2, 0) is 11.2 Å². The second-order valence-electron chi connectivity index (χ2n) is 6.37. The zero-order valence-corrected chi connectivity index (χ0v) is 17.4. The van der Waals surface area contributed by atoms with Gasteiger partial charge in [0.25, 0.3) is 0 Å². The molecule has 0 unspecified atom stereocenters. The third-order valence-electron chi connectivity index (χ3n) is 4.30. The quantitative estimate of drug-likeness (QED) is 0.395. The molecule has 2 N–H and O–H groups in total. The summed E-state index contributed by atoms with van der Waals surface area (Å²) in [7, 11) is 0. The molecular formula is C22H18BrN3OS. The molecule has 4 nitrogen and oxygen atoms in total. The highest BCUT2D eigenvalue weighted by Gasteiger charge is 2.08. The van der Waals surface area contributed by atoms with Crippen LogP contribution in [0.2, 0.25) is 0 Å². The zero-order chi connectivity index (χ0) is 19.3. The van der Waals surface area contributed by atoms with E-state index in [9.17, 15) is 4.79 Å². The molecule has 1 heterocycles. The first-order valence-electron chi connectivity index (χ1n) is 8.88. The highest BCUT2D eigenvalue weighted by Crippen LogP contribution is 2.24. The molecule has 0 aliphatic heterocycles. The van der Waals surface area contributed by atoms with Crippen LogP contribution in [0.5, 0.6) is 0 Å². The number of nitrogens with one attached hydrogen (secondary N) is 2. The number of rotatable bonds is 6. The van der Waals surface area contributed by atoms with Gasteiger partial charge >= 0.3 is 0 Å². The van der Waals surface area contributed by atoms with Gasteiger partial charge in [-0.3, -0.25) is 4.79 Å². The van der Waals surface area contributed by atoms with Crippen LogP contribution in [0.3, 0.4) is 0 Å². The first-order valence-corrected chi connectivity index (χ1v) is 10.5. The number of benzene rings is 3. The molecule has 3 aromatic carbocycles. The fourth-order valence-electron chi connectivity index (χ4n) is 3.01. The Balaban J connectivity index is 1.36.